The number of fused-ring (bicyclic) bond motifs is 1. The molecule has 0 fully saturated rings. The summed E-state index contributed by atoms with van der Waals surface area (Å²) < 4.78 is 0.976. The van der Waals surface area contributed by atoms with E-state index in [2.05, 4.69) is 20.9 Å². The summed E-state index contributed by atoms with van der Waals surface area (Å²) in [5.41, 5.74) is 8.07. The van der Waals surface area contributed by atoms with Crippen LogP contribution >= 0.6 is 15.9 Å². The number of hydrogen-bond acceptors (Lipinski definition) is 4. The van der Waals surface area contributed by atoms with Crippen LogP contribution in [0.5, 0.6) is 0 Å². The molecule has 1 heterocycles. The number of nitrogens with two attached hydrogens (primary N) is 1. The molecule has 102 valence electrons. The van der Waals surface area contributed by atoms with Gasteiger partial charge in [0.2, 0.25) is 0 Å². The van der Waals surface area contributed by atoms with Crippen molar-refractivity contribution in [1.82, 2.24) is 4.98 Å². The zero-order valence-corrected chi connectivity index (χ0v) is 12.9. The van der Waals surface area contributed by atoms with Gasteiger partial charge in [0.25, 0.3) is 0 Å². The molecular formula is C14H18BrN3O. The zero-order chi connectivity index (χ0) is 14.2. The number of aliphatic hydroxyl groups is 1. The number of anilines is 2. The van der Waals surface area contributed by atoms with Crippen molar-refractivity contribution >= 4 is 38.2 Å². The first-order chi connectivity index (χ1) is 8.86. The monoisotopic (exact) mass is 323 g/mol. The first kappa shape index (κ1) is 14.1. The number of pyridine rings is 1. The number of likely N-dealkylation sites (N-methyl/N-ethyl adjacent to an activating group) is 1. The molecule has 0 saturated heterocycles. The third kappa shape index (κ3) is 2.53. The highest BCUT2D eigenvalue weighted by molar-refractivity contribution is 9.10. The van der Waals surface area contributed by atoms with E-state index >= 15 is 0 Å². The molecule has 0 atom stereocenters. The van der Waals surface area contributed by atoms with Crippen LogP contribution in [-0.4, -0.2) is 29.3 Å². The van der Waals surface area contributed by atoms with Gasteiger partial charge in [0, 0.05) is 16.9 Å². The molecule has 5 heteroatoms. The Balaban J connectivity index is 2.71. The minimum Gasteiger partial charge on any atom is -0.396 e. The van der Waals surface area contributed by atoms with Gasteiger partial charge in [0.1, 0.15) is 0 Å². The van der Waals surface area contributed by atoms with Crippen LogP contribution in [0.1, 0.15) is 13.8 Å². The number of hydrogen-bond donors (Lipinski definition) is 2. The molecule has 3 N–H and O–H groups in total. The fourth-order valence-electron chi connectivity index (χ4n) is 1.95. The summed E-state index contributed by atoms with van der Waals surface area (Å²) in [6.45, 7) is 3.98. The van der Waals surface area contributed by atoms with Crippen molar-refractivity contribution in [3.63, 3.8) is 0 Å². The van der Waals surface area contributed by atoms with Crippen molar-refractivity contribution in [2.45, 2.75) is 19.4 Å². The molecule has 2 aromatic rings. The van der Waals surface area contributed by atoms with Crippen molar-refractivity contribution in [1.29, 1.82) is 0 Å². The summed E-state index contributed by atoms with van der Waals surface area (Å²) in [5, 5.41) is 10.5. The smallest absolute Gasteiger partial charge is 0.0745 e. The summed E-state index contributed by atoms with van der Waals surface area (Å²) in [6.07, 6.45) is 1.66. The first-order valence-corrected chi connectivity index (χ1v) is 6.84. The van der Waals surface area contributed by atoms with Crippen LogP contribution in [0.15, 0.2) is 28.9 Å². The molecule has 0 aliphatic rings. The Hall–Kier alpha value is -1.33. The van der Waals surface area contributed by atoms with E-state index in [0.29, 0.717) is 5.69 Å². The maximum absolute atomic E-state index is 9.54. The number of aromatic nitrogens is 1. The van der Waals surface area contributed by atoms with Crippen LogP contribution in [0, 0.1) is 0 Å². The Bertz CT molecular complexity index is 608. The minimum absolute atomic E-state index is 0.0424. The molecule has 0 bridgehead atoms. The van der Waals surface area contributed by atoms with Crippen LogP contribution in [0.2, 0.25) is 0 Å². The quantitative estimate of drug-likeness (QED) is 0.911. The van der Waals surface area contributed by atoms with Crippen molar-refractivity contribution in [3.05, 3.63) is 28.9 Å². The lowest BCUT2D eigenvalue weighted by molar-refractivity contribution is 0.216. The van der Waals surface area contributed by atoms with Gasteiger partial charge in [-0.15, -0.1) is 0 Å². The highest BCUT2D eigenvalue weighted by atomic mass is 79.9. The second-order valence-electron chi connectivity index (χ2n) is 5.25. The van der Waals surface area contributed by atoms with Gasteiger partial charge in [-0.2, -0.15) is 0 Å². The van der Waals surface area contributed by atoms with Gasteiger partial charge >= 0.3 is 0 Å². The molecule has 0 aliphatic carbocycles. The lowest BCUT2D eigenvalue weighted by Crippen LogP contribution is -2.44. The largest absolute Gasteiger partial charge is 0.396 e. The van der Waals surface area contributed by atoms with Crippen molar-refractivity contribution in [3.8, 4) is 0 Å². The standard InChI is InChI=1S/C14H18BrN3O/c1-14(2,8-19)18(3)13-10-6-9(15)4-5-12(10)17-7-11(13)16/h4-7,19H,8,16H2,1-3H3. The molecule has 0 unspecified atom stereocenters. The van der Waals surface area contributed by atoms with E-state index in [-0.39, 0.29) is 6.61 Å². The Morgan fingerprint density at radius 3 is 2.74 bits per heavy atom. The van der Waals surface area contributed by atoms with Crippen LogP contribution in [0.4, 0.5) is 11.4 Å². The number of aliphatic hydroxyl groups excluding tert-OH is 1. The van der Waals surface area contributed by atoms with Gasteiger partial charge in [-0.05, 0) is 32.0 Å². The van der Waals surface area contributed by atoms with Gasteiger partial charge < -0.3 is 15.7 Å². The topological polar surface area (TPSA) is 62.4 Å². The fourth-order valence-corrected chi connectivity index (χ4v) is 2.31. The van der Waals surface area contributed by atoms with Gasteiger partial charge in [-0.3, -0.25) is 4.98 Å². The van der Waals surface area contributed by atoms with Crippen LogP contribution < -0.4 is 10.6 Å². The number of nitrogen functional groups attached to an aromatic ring is 1. The lowest BCUT2D eigenvalue weighted by atomic mass is 10.0. The molecular weight excluding hydrogens is 306 g/mol. The van der Waals surface area contributed by atoms with Gasteiger partial charge in [0.05, 0.1) is 35.2 Å². The summed E-state index contributed by atoms with van der Waals surface area (Å²) in [6, 6.07) is 5.90. The van der Waals surface area contributed by atoms with Crippen molar-refractivity contribution in [2.75, 3.05) is 24.3 Å². The SMILES string of the molecule is CN(c1c(N)cnc2ccc(Br)cc12)C(C)(C)CO. The number of rotatable bonds is 3. The van der Waals surface area contributed by atoms with Crippen LogP contribution in [0.25, 0.3) is 10.9 Å². The van der Waals surface area contributed by atoms with Crippen molar-refractivity contribution in [2.24, 2.45) is 0 Å². The third-order valence-corrected chi connectivity index (χ3v) is 3.95. The Morgan fingerprint density at radius 1 is 1.42 bits per heavy atom. The van der Waals surface area contributed by atoms with Crippen LogP contribution in [-0.2, 0) is 0 Å². The van der Waals surface area contributed by atoms with Gasteiger partial charge in [-0.25, -0.2) is 0 Å². The van der Waals surface area contributed by atoms with Gasteiger partial charge in [-0.1, -0.05) is 15.9 Å². The molecule has 1 aromatic heterocycles. The second kappa shape index (κ2) is 4.98. The molecule has 0 spiro atoms. The average molecular weight is 324 g/mol. The fraction of sp³-hybridized carbons (Fsp3) is 0.357. The predicted octanol–water partition coefficient (Wildman–Crippen LogP) is 2.79. The lowest BCUT2D eigenvalue weighted by Gasteiger charge is -2.37. The van der Waals surface area contributed by atoms with E-state index < -0.39 is 5.54 Å². The van der Waals surface area contributed by atoms with E-state index in [1.807, 2.05) is 44.0 Å². The normalized spacial score (nSPS) is 11.8. The van der Waals surface area contributed by atoms with Crippen LogP contribution in [0.3, 0.4) is 0 Å². The molecule has 0 radical (unpaired) electrons. The average Bonchev–Trinajstić information content (AvgIpc) is 2.37. The molecule has 0 amide bonds. The van der Waals surface area contributed by atoms with E-state index in [4.69, 9.17) is 5.73 Å². The first-order valence-electron chi connectivity index (χ1n) is 6.05. The maximum atomic E-state index is 9.54. The number of halogens is 1. The highest BCUT2D eigenvalue weighted by Gasteiger charge is 2.25. The Morgan fingerprint density at radius 2 is 2.11 bits per heavy atom. The van der Waals surface area contributed by atoms with E-state index in [9.17, 15) is 5.11 Å². The third-order valence-electron chi connectivity index (χ3n) is 3.46. The highest BCUT2D eigenvalue weighted by Crippen LogP contribution is 2.35. The zero-order valence-electron chi connectivity index (χ0n) is 11.3. The molecule has 19 heavy (non-hydrogen) atoms. The molecule has 1 aromatic carbocycles. The van der Waals surface area contributed by atoms with E-state index in [1.165, 1.54) is 0 Å². The molecule has 4 nitrogen and oxygen atoms in total. The Kier molecular flexibility index (Phi) is 3.69. The molecule has 2 rings (SSSR count). The number of nitrogens with zero attached hydrogens (tertiary/aromatic N) is 2. The summed E-state index contributed by atoms with van der Waals surface area (Å²) in [4.78, 5) is 6.34. The molecule has 0 saturated carbocycles. The summed E-state index contributed by atoms with van der Waals surface area (Å²) in [7, 11) is 1.93. The van der Waals surface area contributed by atoms with Crippen molar-refractivity contribution < 1.29 is 5.11 Å². The Labute approximate surface area is 121 Å². The second-order valence-corrected chi connectivity index (χ2v) is 6.17. The minimum atomic E-state index is -0.398. The maximum Gasteiger partial charge on any atom is 0.0745 e. The summed E-state index contributed by atoms with van der Waals surface area (Å²) >= 11 is 3.47. The molecule has 0 aliphatic heterocycles. The van der Waals surface area contributed by atoms with E-state index in [1.54, 1.807) is 6.20 Å². The predicted molar refractivity (Wildman–Crippen MR) is 83.4 cm³/mol. The van der Waals surface area contributed by atoms with Gasteiger partial charge in [0.15, 0.2) is 0 Å². The van der Waals surface area contributed by atoms with E-state index in [0.717, 1.165) is 21.1 Å². The summed E-state index contributed by atoms with van der Waals surface area (Å²) in [5.74, 6) is 0. The number of benzene rings is 1.